The van der Waals surface area contributed by atoms with Gasteiger partial charge in [0.1, 0.15) is 0 Å². The van der Waals surface area contributed by atoms with E-state index in [-0.39, 0.29) is 23.9 Å². The molecule has 2 aromatic rings. The molecule has 7 nitrogen and oxygen atoms in total. The summed E-state index contributed by atoms with van der Waals surface area (Å²) in [6, 6.07) is 3.29. The summed E-state index contributed by atoms with van der Waals surface area (Å²) in [5.41, 5.74) is 0.798. The standard InChI is InChI=1S/C15H16N4O3/c1-17-9-10(8-16-17)19-11-4-5-18(12(11)7-14(19)20)15(21)13-3-2-6-22-13/h2-3,6,8-9,11-12H,4-5,7H2,1H3/t11-,12+/m0/s1. The molecule has 2 aliphatic heterocycles. The Hall–Kier alpha value is -2.57. The molecule has 4 rings (SSSR count). The van der Waals surface area contributed by atoms with Crippen LogP contribution >= 0.6 is 0 Å². The highest BCUT2D eigenvalue weighted by atomic mass is 16.3. The summed E-state index contributed by atoms with van der Waals surface area (Å²) in [6.07, 6.45) is 6.14. The van der Waals surface area contributed by atoms with Gasteiger partial charge in [-0.15, -0.1) is 0 Å². The molecule has 2 fully saturated rings. The van der Waals surface area contributed by atoms with Crippen LogP contribution in [0.4, 0.5) is 5.69 Å². The number of furan rings is 1. The van der Waals surface area contributed by atoms with Gasteiger partial charge in [0.05, 0.1) is 30.2 Å². The number of amides is 2. The van der Waals surface area contributed by atoms with Gasteiger partial charge in [-0.2, -0.15) is 5.10 Å². The SMILES string of the molecule is Cn1cc(N2C(=O)C[C@@H]3[C@@H]2CCN3C(=O)c2ccco2)cn1. The first-order valence-electron chi connectivity index (χ1n) is 7.30. The van der Waals surface area contributed by atoms with Crippen LogP contribution in [-0.4, -0.2) is 45.1 Å². The quantitative estimate of drug-likeness (QED) is 0.830. The van der Waals surface area contributed by atoms with Crippen LogP contribution in [0.2, 0.25) is 0 Å². The molecule has 2 amide bonds. The Kier molecular flexibility index (Phi) is 2.82. The lowest BCUT2D eigenvalue weighted by atomic mass is 10.1. The first kappa shape index (κ1) is 13.1. The number of hydrogen-bond acceptors (Lipinski definition) is 4. The predicted molar refractivity (Wildman–Crippen MR) is 77.2 cm³/mol. The van der Waals surface area contributed by atoms with Crippen molar-refractivity contribution in [1.29, 1.82) is 0 Å². The molecule has 0 unspecified atom stereocenters. The molecule has 2 saturated heterocycles. The van der Waals surface area contributed by atoms with Gasteiger partial charge in [0.2, 0.25) is 5.91 Å². The normalized spacial score (nSPS) is 24.1. The second-order valence-corrected chi connectivity index (χ2v) is 5.74. The molecule has 0 radical (unpaired) electrons. The maximum Gasteiger partial charge on any atom is 0.289 e. The lowest BCUT2D eigenvalue weighted by Crippen LogP contribution is -2.39. The Morgan fingerprint density at radius 3 is 2.95 bits per heavy atom. The first-order valence-corrected chi connectivity index (χ1v) is 7.30. The average molecular weight is 300 g/mol. The smallest absolute Gasteiger partial charge is 0.289 e. The molecule has 0 spiro atoms. The third-order valence-electron chi connectivity index (χ3n) is 4.46. The van der Waals surface area contributed by atoms with E-state index in [9.17, 15) is 9.59 Å². The fourth-order valence-corrected chi connectivity index (χ4v) is 3.51. The third kappa shape index (κ3) is 1.85. The number of anilines is 1. The number of carbonyl (C=O) groups is 2. The van der Waals surface area contributed by atoms with E-state index >= 15 is 0 Å². The summed E-state index contributed by atoms with van der Waals surface area (Å²) in [7, 11) is 1.82. The summed E-state index contributed by atoms with van der Waals surface area (Å²) >= 11 is 0. The van der Waals surface area contributed by atoms with Crippen molar-refractivity contribution in [1.82, 2.24) is 14.7 Å². The van der Waals surface area contributed by atoms with Crippen molar-refractivity contribution >= 4 is 17.5 Å². The molecule has 114 valence electrons. The van der Waals surface area contributed by atoms with Crippen LogP contribution in [0.15, 0.2) is 35.2 Å². The van der Waals surface area contributed by atoms with Crippen LogP contribution in [0.3, 0.4) is 0 Å². The van der Waals surface area contributed by atoms with Gasteiger partial charge < -0.3 is 14.2 Å². The molecule has 0 bridgehead atoms. The lowest BCUT2D eigenvalue weighted by Gasteiger charge is -2.24. The van der Waals surface area contributed by atoms with Gasteiger partial charge in [0.15, 0.2) is 5.76 Å². The number of aryl methyl sites for hydroxylation is 1. The highest BCUT2D eigenvalue weighted by molar-refractivity contribution is 5.99. The maximum atomic E-state index is 12.5. The number of nitrogens with zero attached hydrogens (tertiary/aromatic N) is 4. The number of aromatic nitrogens is 2. The van der Waals surface area contributed by atoms with Crippen molar-refractivity contribution in [3.05, 3.63) is 36.5 Å². The van der Waals surface area contributed by atoms with Crippen LogP contribution in [0, 0.1) is 0 Å². The van der Waals surface area contributed by atoms with Gasteiger partial charge in [-0.25, -0.2) is 0 Å². The molecule has 4 heterocycles. The van der Waals surface area contributed by atoms with Crippen LogP contribution in [-0.2, 0) is 11.8 Å². The number of rotatable bonds is 2. The number of carbonyl (C=O) groups excluding carboxylic acids is 2. The summed E-state index contributed by atoms with van der Waals surface area (Å²) in [5, 5.41) is 4.13. The zero-order valence-corrected chi connectivity index (χ0v) is 12.2. The Balaban J connectivity index is 1.60. The van der Waals surface area contributed by atoms with Gasteiger partial charge in [0.25, 0.3) is 5.91 Å². The number of hydrogen-bond donors (Lipinski definition) is 0. The minimum absolute atomic E-state index is 0.0237. The highest BCUT2D eigenvalue weighted by Gasteiger charge is 2.49. The van der Waals surface area contributed by atoms with Crippen LogP contribution in [0.1, 0.15) is 23.4 Å². The molecule has 7 heteroatoms. The van der Waals surface area contributed by atoms with E-state index in [0.29, 0.717) is 18.7 Å². The number of fused-ring (bicyclic) bond motifs is 1. The van der Waals surface area contributed by atoms with E-state index in [1.807, 2.05) is 13.2 Å². The van der Waals surface area contributed by atoms with E-state index in [1.54, 1.807) is 32.8 Å². The lowest BCUT2D eigenvalue weighted by molar-refractivity contribution is -0.117. The van der Waals surface area contributed by atoms with Crippen molar-refractivity contribution in [2.24, 2.45) is 7.05 Å². The van der Waals surface area contributed by atoms with Crippen molar-refractivity contribution in [3.63, 3.8) is 0 Å². The van der Waals surface area contributed by atoms with E-state index < -0.39 is 0 Å². The molecule has 0 saturated carbocycles. The van der Waals surface area contributed by atoms with Gasteiger partial charge in [-0.1, -0.05) is 0 Å². The van der Waals surface area contributed by atoms with Crippen molar-refractivity contribution < 1.29 is 14.0 Å². The molecule has 2 atom stereocenters. The predicted octanol–water partition coefficient (Wildman–Crippen LogP) is 1.03. The van der Waals surface area contributed by atoms with Crippen molar-refractivity contribution in [3.8, 4) is 0 Å². The monoisotopic (exact) mass is 300 g/mol. The second-order valence-electron chi connectivity index (χ2n) is 5.74. The Labute approximate surface area is 127 Å². The average Bonchev–Trinajstić information content (AvgIpc) is 3.22. The molecule has 0 aromatic carbocycles. The Morgan fingerprint density at radius 2 is 2.27 bits per heavy atom. The summed E-state index contributed by atoms with van der Waals surface area (Å²) in [4.78, 5) is 28.4. The van der Waals surface area contributed by atoms with Crippen LogP contribution in [0.25, 0.3) is 0 Å². The fraction of sp³-hybridized carbons (Fsp3) is 0.400. The Morgan fingerprint density at radius 1 is 1.41 bits per heavy atom. The van der Waals surface area contributed by atoms with Gasteiger partial charge in [0, 0.05) is 26.2 Å². The van der Waals surface area contributed by atoms with E-state index in [4.69, 9.17) is 4.42 Å². The molecule has 2 aromatic heterocycles. The molecular weight excluding hydrogens is 284 g/mol. The van der Waals surface area contributed by atoms with E-state index in [1.165, 1.54) is 6.26 Å². The van der Waals surface area contributed by atoms with Gasteiger partial charge >= 0.3 is 0 Å². The van der Waals surface area contributed by atoms with Gasteiger partial charge in [-0.05, 0) is 18.6 Å². The highest BCUT2D eigenvalue weighted by Crippen LogP contribution is 2.36. The summed E-state index contributed by atoms with van der Waals surface area (Å²) < 4.78 is 6.87. The Bertz CT molecular complexity index is 721. The summed E-state index contributed by atoms with van der Waals surface area (Å²) in [5.74, 6) is 0.228. The van der Waals surface area contributed by atoms with E-state index in [2.05, 4.69) is 5.10 Å². The molecule has 22 heavy (non-hydrogen) atoms. The molecule has 0 aliphatic carbocycles. The van der Waals surface area contributed by atoms with Crippen LogP contribution in [0.5, 0.6) is 0 Å². The third-order valence-corrected chi connectivity index (χ3v) is 4.46. The van der Waals surface area contributed by atoms with E-state index in [0.717, 1.165) is 12.1 Å². The summed E-state index contributed by atoms with van der Waals surface area (Å²) in [6.45, 7) is 0.638. The second kappa shape index (κ2) is 4.72. The van der Waals surface area contributed by atoms with Gasteiger partial charge in [-0.3, -0.25) is 14.3 Å². The molecule has 0 N–H and O–H groups in total. The van der Waals surface area contributed by atoms with Crippen LogP contribution < -0.4 is 4.90 Å². The topological polar surface area (TPSA) is 71.6 Å². The zero-order valence-electron chi connectivity index (χ0n) is 12.2. The van der Waals surface area contributed by atoms with Crippen molar-refractivity contribution in [2.45, 2.75) is 24.9 Å². The maximum absolute atomic E-state index is 12.5. The largest absolute Gasteiger partial charge is 0.459 e. The molecular formula is C15H16N4O3. The fourth-order valence-electron chi connectivity index (χ4n) is 3.51. The molecule has 2 aliphatic rings. The minimum atomic E-state index is -0.140. The first-order chi connectivity index (χ1) is 10.6. The zero-order chi connectivity index (χ0) is 15.3. The van der Waals surface area contributed by atoms with Crippen molar-refractivity contribution in [2.75, 3.05) is 11.4 Å². The minimum Gasteiger partial charge on any atom is -0.459 e. The number of likely N-dealkylation sites (tertiary alicyclic amines) is 1.